The molecule has 0 radical (unpaired) electrons. The molecular formula is C19H24INO2. The van der Waals surface area contributed by atoms with E-state index >= 15 is 0 Å². The van der Waals surface area contributed by atoms with E-state index < -0.39 is 5.60 Å². The van der Waals surface area contributed by atoms with Gasteiger partial charge in [0.1, 0.15) is 0 Å². The zero-order valence-electron chi connectivity index (χ0n) is 13.6. The zero-order chi connectivity index (χ0) is 16.2. The predicted octanol–water partition coefficient (Wildman–Crippen LogP) is 4.26. The Bertz CT molecular complexity index is 643. The van der Waals surface area contributed by atoms with Gasteiger partial charge in [-0.25, -0.2) is 0 Å². The number of hydrogen-bond donors (Lipinski definition) is 2. The molecule has 0 saturated heterocycles. The van der Waals surface area contributed by atoms with Gasteiger partial charge in [0, 0.05) is 15.7 Å². The third-order valence-electron chi connectivity index (χ3n) is 6.14. The van der Waals surface area contributed by atoms with Crippen molar-refractivity contribution < 1.29 is 9.90 Å². The number of benzene rings is 1. The van der Waals surface area contributed by atoms with Gasteiger partial charge in [0.2, 0.25) is 5.91 Å². The van der Waals surface area contributed by atoms with Gasteiger partial charge in [-0.05, 0) is 103 Å². The maximum Gasteiger partial charge on any atom is 0.224 e. The minimum absolute atomic E-state index is 0.0424. The summed E-state index contributed by atoms with van der Waals surface area (Å²) in [7, 11) is 0. The van der Waals surface area contributed by atoms with Crippen molar-refractivity contribution in [3.63, 3.8) is 0 Å². The number of rotatable bonds is 3. The molecule has 23 heavy (non-hydrogen) atoms. The predicted molar refractivity (Wildman–Crippen MR) is 99.2 cm³/mol. The first kappa shape index (κ1) is 15.9. The molecule has 3 nitrogen and oxygen atoms in total. The molecule has 4 fully saturated rings. The van der Waals surface area contributed by atoms with Crippen LogP contribution in [0.1, 0.15) is 50.5 Å². The fourth-order valence-corrected chi connectivity index (χ4v) is 6.34. The summed E-state index contributed by atoms with van der Waals surface area (Å²) in [5.41, 5.74) is 1.67. The highest BCUT2D eigenvalue weighted by atomic mass is 127. The van der Waals surface area contributed by atoms with Crippen LogP contribution in [0, 0.1) is 27.7 Å². The second kappa shape index (κ2) is 5.45. The molecule has 1 aromatic rings. The fourth-order valence-electron chi connectivity index (χ4n) is 5.83. The number of aryl methyl sites for hydroxylation is 1. The number of amides is 1. The number of anilines is 1. The zero-order valence-corrected chi connectivity index (χ0v) is 15.7. The first-order valence-corrected chi connectivity index (χ1v) is 9.71. The summed E-state index contributed by atoms with van der Waals surface area (Å²) in [6.07, 6.45) is 6.84. The Morgan fingerprint density at radius 3 is 2.61 bits per heavy atom. The van der Waals surface area contributed by atoms with E-state index in [2.05, 4.69) is 34.8 Å². The first-order valence-electron chi connectivity index (χ1n) is 8.63. The molecule has 5 rings (SSSR count). The van der Waals surface area contributed by atoms with Crippen molar-refractivity contribution >= 4 is 34.2 Å². The number of carbonyl (C=O) groups excluding carboxylic acids is 1. The monoisotopic (exact) mass is 425 g/mol. The highest BCUT2D eigenvalue weighted by Crippen LogP contribution is 2.62. The van der Waals surface area contributed by atoms with E-state index in [1.807, 2.05) is 18.2 Å². The van der Waals surface area contributed by atoms with Gasteiger partial charge in [-0.2, -0.15) is 0 Å². The maximum atomic E-state index is 12.6. The number of carbonyl (C=O) groups is 1. The van der Waals surface area contributed by atoms with E-state index in [0.29, 0.717) is 18.3 Å². The van der Waals surface area contributed by atoms with Crippen molar-refractivity contribution in [2.45, 2.75) is 57.5 Å². The molecule has 0 aliphatic heterocycles. The standard InChI is InChI=1S/C19H24INO2/c1-12-2-3-15(5-16(12)20)21-17(22)10-18-6-13-4-14(7-18)9-19(23,8-13)11-18/h2-3,5,13-14,23H,4,6-11H2,1H3,(H,21,22). The molecule has 2 unspecified atom stereocenters. The molecule has 4 bridgehead atoms. The molecule has 2 N–H and O–H groups in total. The number of nitrogens with one attached hydrogen (secondary N) is 1. The van der Waals surface area contributed by atoms with Gasteiger partial charge >= 0.3 is 0 Å². The quantitative estimate of drug-likeness (QED) is 0.712. The topological polar surface area (TPSA) is 49.3 Å². The van der Waals surface area contributed by atoms with Crippen molar-refractivity contribution in [1.29, 1.82) is 0 Å². The molecule has 0 heterocycles. The highest BCUT2D eigenvalue weighted by Gasteiger charge is 2.57. The molecule has 124 valence electrons. The molecule has 0 aromatic heterocycles. The van der Waals surface area contributed by atoms with Crippen molar-refractivity contribution in [3.05, 3.63) is 27.3 Å². The van der Waals surface area contributed by atoms with Crippen molar-refractivity contribution in [2.75, 3.05) is 5.32 Å². The smallest absolute Gasteiger partial charge is 0.224 e. The summed E-state index contributed by atoms with van der Waals surface area (Å²) in [6, 6.07) is 6.05. The average molecular weight is 425 g/mol. The van der Waals surface area contributed by atoms with E-state index in [-0.39, 0.29) is 11.3 Å². The van der Waals surface area contributed by atoms with Crippen LogP contribution in [0.4, 0.5) is 5.69 Å². The lowest BCUT2D eigenvalue weighted by atomic mass is 9.47. The van der Waals surface area contributed by atoms with Gasteiger partial charge in [-0.3, -0.25) is 4.79 Å². The lowest BCUT2D eigenvalue weighted by molar-refractivity contribution is -0.167. The van der Waals surface area contributed by atoms with Gasteiger partial charge in [-0.1, -0.05) is 6.07 Å². The Morgan fingerprint density at radius 1 is 1.30 bits per heavy atom. The van der Waals surface area contributed by atoms with Crippen LogP contribution in [-0.2, 0) is 4.79 Å². The normalized spacial score (nSPS) is 37.9. The Hall–Kier alpha value is -0.620. The van der Waals surface area contributed by atoms with Crippen LogP contribution in [0.3, 0.4) is 0 Å². The van der Waals surface area contributed by atoms with Gasteiger partial charge in [-0.15, -0.1) is 0 Å². The summed E-state index contributed by atoms with van der Waals surface area (Å²) in [5, 5.41) is 13.9. The molecule has 4 saturated carbocycles. The van der Waals surface area contributed by atoms with Gasteiger partial charge in [0.25, 0.3) is 0 Å². The number of aliphatic hydroxyl groups is 1. The van der Waals surface area contributed by atoms with Gasteiger partial charge in [0.15, 0.2) is 0 Å². The molecular weight excluding hydrogens is 401 g/mol. The molecule has 4 aliphatic rings. The van der Waals surface area contributed by atoms with Crippen molar-refractivity contribution in [2.24, 2.45) is 17.3 Å². The molecule has 1 aromatic carbocycles. The highest BCUT2D eigenvalue weighted by molar-refractivity contribution is 14.1. The summed E-state index contributed by atoms with van der Waals surface area (Å²) < 4.78 is 1.17. The lowest BCUT2D eigenvalue weighted by Gasteiger charge is -2.60. The number of halogens is 1. The minimum Gasteiger partial charge on any atom is -0.390 e. The molecule has 2 atom stereocenters. The average Bonchev–Trinajstić information content (AvgIpc) is 2.39. The SMILES string of the molecule is Cc1ccc(NC(=O)CC23CC4CC(CC(O)(C4)C2)C3)cc1I. The van der Waals surface area contributed by atoms with Crippen LogP contribution in [0.15, 0.2) is 18.2 Å². The van der Waals surface area contributed by atoms with E-state index in [9.17, 15) is 9.90 Å². The van der Waals surface area contributed by atoms with Crippen LogP contribution >= 0.6 is 22.6 Å². The van der Waals surface area contributed by atoms with Crippen LogP contribution < -0.4 is 5.32 Å². The van der Waals surface area contributed by atoms with E-state index in [0.717, 1.165) is 37.8 Å². The second-order valence-electron chi connectivity index (χ2n) is 8.37. The Morgan fingerprint density at radius 2 is 2.00 bits per heavy atom. The second-order valence-corrected chi connectivity index (χ2v) is 9.54. The van der Waals surface area contributed by atoms with E-state index in [1.54, 1.807) is 0 Å². The molecule has 4 aliphatic carbocycles. The lowest BCUT2D eigenvalue weighted by Crippen LogP contribution is -2.56. The van der Waals surface area contributed by atoms with Crippen LogP contribution in [0.2, 0.25) is 0 Å². The van der Waals surface area contributed by atoms with Gasteiger partial charge in [0.05, 0.1) is 5.60 Å². The van der Waals surface area contributed by atoms with Crippen molar-refractivity contribution in [3.8, 4) is 0 Å². The maximum absolute atomic E-state index is 12.6. The largest absolute Gasteiger partial charge is 0.390 e. The molecule has 4 heteroatoms. The van der Waals surface area contributed by atoms with E-state index in [4.69, 9.17) is 0 Å². The number of hydrogen-bond acceptors (Lipinski definition) is 2. The van der Waals surface area contributed by atoms with Crippen molar-refractivity contribution in [1.82, 2.24) is 0 Å². The third-order valence-corrected chi connectivity index (χ3v) is 7.30. The van der Waals surface area contributed by atoms with Gasteiger partial charge < -0.3 is 10.4 Å². The summed E-state index contributed by atoms with van der Waals surface area (Å²) >= 11 is 2.30. The Kier molecular flexibility index (Phi) is 3.76. The summed E-state index contributed by atoms with van der Waals surface area (Å²) in [5.74, 6) is 1.37. The summed E-state index contributed by atoms with van der Waals surface area (Å²) in [6.45, 7) is 2.07. The summed E-state index contributed by atoms with van der Waals surface area (Å²) in [4.78, 5) is 12.6. The van der Waals surface area contributed by atoms with Crippen LogP contribution in [-0.4, -0.2) is 16.6 Å². The van der Waals surface area contributed by atoms with E-state index in [1.165, 1.54) is 15.6 Å². The van der Waals surface area contributed by atoms with Crippen LogP contribution in [0.25, 0.3) is 0 Å². The Labute approximate surface area is 151 Å². The fraction of sp³-hybridized carbons (Fsp3) is 0.632. The molecule has 1 amide bonds. The first-order chi connectivity index (χ1) is 10.8. The minimum atomic E-state index is -0.483. The molecule has 0 spiro atoms. The van der Waals surface area contributed by atoms with Crippen LogP contribution in [0.5, 0.6) is 0 Å². The third kappa shape index (κ3) is 3.04. The Balaban J connectivity index is 1.47.